The van der Waals surface area contributed by atoms with Crippen LogP contribution in [-0.4, -0.2) is 45.2 Å². The zero-order valence-electron chi connectivity index (χ0n) is 15.4. The molecule has 3 aliphatic rings. The fourth-order valence-electron chi connectivity index (χ4n) is 4.90. The van der Waals surface area contributed by atoms with Crippen LogP contribution in [0.5, 0.6) is 0 Å². The quantitative estimate of drug-likeness (QED) is 0.664. The second kappa shape index (κ2) is 6.22. The Morgan fingerprint density at radius 2 is 2.00 bits per heavy atom. The molecule has 2 aliphatic carbocycles. The molecule has 0 aromatic heterocycles. The van der Waals surface area contributed by atoms with Crippen LogP contribution in [0, 0.1) is 17.3 Å². The van der Waals surface area contributed by atoms with E-state index in [1.165, 1.54) is 0 Å². The highest BCUT2D eigenvalue weighted by atomic mass is 16.5. The number of fused-ring (bicyclic) bond motifs is 4. The molecule has 5 unspecified atom stereocenters. The summed E-state index contributed by atoms with van der Waals surface area (Å²) in [5.74, 6) is -0.973. The second-order valence-corrected chi connectivity index (χ2v) is 8.97. The molecule has 0 amide bonds. The summed E-state index contributed by atoms with van der Waals surface area (Å²) in [5, 5.41) is 31.6. The van der Waals surface area contributed by atoms with Crippen LogP contribution in [0.2, 0.25) is 0 Å². The predicted molar refractivity (Wildman–Crippen MR) is 93.6 cm³/mol. The van der Waals surface area contributed by atoms with Gasteiger partial charge >= 0.3 is 5.97 Å². The first-order valence-electron chi connectivity index (χ1n) is 9.22. The molecule has 3 rings (SSSR count). The molecule has 5 atom stereocenters. The molecule has 25 heavy (non-hydrogen) atoms. The number of ether oxygens (including phenoxy) is 1. The lowest BCUT2D eigenvalue weighted by Gasteiger charge is -2.48. The van der Waals surface area contributed by atoms with Gasteiger partial charge in [-0.1, -0.05) is 25.2 Å². The van der Waals surface area contributed by atoms with Gasteiger partial charge in [0.2, 0.25) is 0 Å². The van der Waals surface area contributed by atoms with Gasteiger partial charge in [0.05, 0.1) is 23.2 Å². The third-order valence-corrected chi connectivity index (χ3v) is 6.30. The smallest absolute Gasteiger partial charge is 0.312 e. The number of esters is 1. The van der Waals surface area contributed by atoms with E-state index >= 15 is 0 Å². The molecule has 2 bridgehead atoms. The lowest BCUT2D eigenvalue weighted by Crippen LogP contribution is -2.54. The first-order chi connectivity index (χ1) is 11.5. The summed E-state index contributed by atoms with van der Waals surface area (Å²) in [6.07, 6.45) is 7.85. The van der Waals surface area contributed by atoms with Crippen LogP contribution < -0.4 is 0 Å². The van der Waals surface area contributed by atoms with Gasteiger partial charge in [-0.2, -0.15) is 0 Å². The second-order valence-electron chi connectivity index (χ2n) is 8.97. The van der Waals surface area contributed by atoms with Gasteiger partial charge in [-0.15, -0.1) is 0 Å². The first kappa shape index (κ1) is 18.6. The highest BCUT2D eigenvalue weighted by Gasteiger charge is 2.58. The van der Waals surface area contributed by atoms with Crippen molar-refractivity contribution in [3.63, 3.8) is 0 Å². The summed E-state index contributed by atoms with van der Waals surface area (Å²) in [6, 6.07) is 0. The maximum absolute atomic E-state index is 12.5. The molecule has 0 radical (unpaired) electrons. The number of hydrogen-bond acceptors (Lipinski definition) is 5. The van der Waals surface area contributed by atoms with Crippen molar-refractivity contribution in [3.8, 4) is 0 Å². The number of rotatable bonds is 2. The normalized spacial score (nSPS) is 43.7. The zero-order chi connectivity index (χ0) is 18.5. The molecule has 5 nitrogen and oxygen atoms in total. The Morgan fingerprint density at radius 3 is 2.68 bits per heavy atom. The topological polar surface area (TPSA) is 87.0 Å². The maximum atomic E-state index is 12.5. The van der Waals surface area contributed by atoms with Gasteiger partial charge in [-0.3, -0.25) is 4.79 Å². The average Bonchev–Trinajstić information content (AvgIpc) is 2.59. The summed E-state index contributed by atoms with van der Waals surface area (Å²) in [7, 11) is 0. The van der Waals surface area contributed by atoms with Crippen molar-refractivity contribution < 1.29 is 24.9 Å². The van der Waals surface area contributed by atoms with Gasteiger partial charge in [0.25, 0.3) is 0 Å². The van der Waals surface area contributed by atoms with Crippen molar-refractivity contribution >= 4 is 5.97 Å². The summed E-state index contributed by atoms with van der Waals surface area (Å²) < 4.78 is 5.39. The predicted octanol–water partition coefficient (Wildman–Crippen LogP) is 2.11. The van der Waals surface area contributed by atoms with E-state index in [1.807, 2.05) is 13.0 Å². The average molecular weight is 350 g/mol. The standard InChI is InChI=1S/C20H30O5/c1-18(2,23)8-4-5-13-11-25-17(22)16-14(13)6-9-19(3)12-20(16,24)10-7-15(19)21/h4-5,8,14-16,21,23-24H,6-7,9-12H2,1-3H3. The van der Waals surface area contributed by atoms with Crippen molar-refractivity contribution in [3.05, 3.63) is 23.8 Å². The van der Waals surface area contributed by atoms with E-state index in [1.54, 1.807) is 26.0 Å². The molecule has 3 fully saturated rings. The van der Waals surface area contributed by atoms with E-state index < -0.39 is 23.2 Å². The SMILES string of the molecule is CC(C)(O)C=CC=C1COC(=O)C2C1CCC1(C)CC2(O)CCC1O. The summed E-state index contributed by atoms with van der Waals surface area (Å²) >= 11 is 0. The molecule has 1 heterocycles. The Balaban J connectivity index is 1.94. The van der Waals surface area contributed by atoms with E-state index in [0.29, 0.717) is 19.3 Å². The third-order valence-electron chi connectivity index (χ3n) is 6.30. The number of allylic oxidation sites excluding steroid dienone is 2. The Morgan fingerprint density at radius 1 is 1.28 bits per heavy atom. The highest BCUT2D eigenvalue weighted by Crippen LogP contribution is 2.55. The molecular formula is C20H30O5. The minimum absolute atomic E-state index is 0.0789. The van der Waals surface area contributed by atoms with E-state index in [4.69, 9.17) is 4.74 Å². The minimum atomic E-state index is -1.12. The maximum Gasteiger partial charge on any atom is 0.312 e. The monoisotopic (exact) mass is 350 g/mol. The summed E-state index contributed by atoms with van der Waals surface area (Å²) in [6.45, 7) is 5.64. The van der Waals surface area contributed by atoms with Crippen LogP contribution in [0.25, 0.3) is 0 Å². The molecule has 0 aromatic rings. The van der Waals surface area contributed by atoms with Crippen molar-refractivity contribution in [1.29, 1.82) is 0 Å². The molecular weight excluding hydrogens is 320 g/mol. The summed E-state index contributed by atoms with van der Waals surface area (Å²) in [5.41, 5.74) is -1.41. The van der Waals surface area contributed by atoms with Crippen LogP contribution in [0.4, 0.5) is 0 Å². The van der Waals surface area contributed by atoms with Crippen molar-refractivity contribution in [2.24, 2.45) is 17.3 Å². The zero-order valence-corrected chi connectivity index (χ0v) is 15.4. The third kappa shape index (κ3) is 3.55. The molecule has 1 saturated heterocycles. The molecule has 1 aliphatic heterocycles. The molecule has 0 spiro atoms. The molecule has 0 aromatic carbocycles. The minimum Gasteiger partial charge on any atom is -0.461 e. The fourth-order valence-corrected chi connectivity index (χ4v) is 4.90. The number of cyclic esters (lactones) is 1. The van der Waals surface area contributed by atoms with Crippen molar-refractivity contribution in [1.82, 2.24) is 0 Å². The summed E-state index contributed by atoms with van der Waals surface area (Å²) in [4.78, 5) is 12.5. The number of aliphatic hydroxyl groups is 3. The Labute approximate surface area is 149 Å². The number of carbonyl (C=O) groups excluding carboxylic acids is 1. The molecule has 3 N–H and O–H groups in total. The Bertz CT molecular complexity index is 602. The van der Waals surface area contributed by atoms with Gasteiger partial charge in [0, 0.05) is 0 Å². The van der Waals surface area contributed by atoms with Crippen LogP contribution in [0.3, 0.4) is 0 Å². The van der Waals surface area contributed by atoms with Gasteiger partial charge in [-0.05, 0) is 62.9 Å². The number of aliphatic hydroxyl groups excluding tert-OH is 1. The van der Waals surface area contributed by atoms with Gasteiger partial charge in [0.15, 0.2) is 0 Å². The van der Waals surface area contributed by atoms with Crippen LogP contribution in [0.1, 0.15) is 52.9 Å². The van der Waals surface area contributed by atoms with Gasteiger partial charge in [0.1, 0.15) is 6.61 Å². The lowest BCUT2D eigenvalue weighted by atomic mass is 9.62. The molecule has 2 saturated carbocycles. The van der Waals surface area contributed by atoms with Crippen LogP contribution in [-0.2, 0) is 9.53 Å². The first-order valence-corrected chi connectivity index (χ1v) is 9.22. The van der Waals surface area contributed by atoms with Crippen molar-refractivity contribution in [2.45, 2.75) is 70.2 Å². The van der Waals surface area contributed by atoms with E-state index in [2.05, 4.69) is 0 Å². The molecule has 140 valence electrons. The van der Waals surface area contributed by atoms with Crippen LogP contribution in [0.15, 0.2) is 23.8 Å². The Hall–Kier alpha value is -1.17. The fraction of sp³-hybridized carbons (Fsp3) is 0.750. The van der Waals surface area contributed by atoms with Crippen molar-refractivity contribution in [2.75, 3.05) is 6.61 Å². The van der Waals surface area contributed by atoms with Gasteiger partial charge < -0.3 is 20.1 Å². The van der Waals surface area contributed by atoms with E-state index in [0.717, 1.165) is 18.4 Å². The number of carbonyl (C=O) groups is 1. The van der Waals surface area contributed by atoms with Gasteiger partial charge in [-0.25, -0.2) is 0 Å². The van der Waals surface area contributed by atoms with E-state index in [9.17, 15) is 20.1 Å². The highest BCUT2D eigenvalue weighted by molar-refractivity contribution is 5.76. The number of hydrogen-bond donors (Lipinski definition) is 3. The largest absolute Gasteiger partial charge is 0.461 e. The lowest BCUT2D eigenvalue weighted by molar-refractivity contribution is -0.176. The Kier molecular flexibility index (Phi) is 4.63. The van der Waals surface area contributed by atoms with Crippen LogP contribution >= 0.6 is 0 Å². The molecule has 5 heteroatoms. The van der Waals surface area contributed by atoms with E-state index in [-0.39, 0.29) is 23.9 Å².